The molecule has 1 atom stereocenters. The molecule has 2 aromatic heterocycles. The van der Waals surface area contributed by atoms with Gasteiger partial charge in [-0.15, -0.1) is 0 Å². The summed E-state index contributed by atoms with van der Waals surface area (Å²) in [7, 11) is 1.64. The van der Waals surface area contributed by atoms with Crippen LogP contribution >= 0.6 is 0 Å². The van der Waals surface area contributed by atoms with E-state index >= 15 is 0 Å². The van der Waals surface area contributed by atoms with E-state index in [9.17, 15) is 4.79 Å². The first-order valence-electron chi connectivity index (χ1n) is 8.44. The lowest BCUT2D eigenvalue weighted by atomic mass is 9.86. The molecule has 5 rings (SSSR count). The Hall–Kier alpha value is -3.41. The number of anilines is 1. The molecule has 2 aromatic carbocycles. The Labute approximate surface area is 149 Å². The van der Waals surface area contributed by atoms with Gasteiger partial charge in [0.05, 0.1) is 18.8 Å². The third-order valence-electron chi connectivity index (χ3n) is 4.95. The van der Waals surface area contributed by atoms with Crippen LogP contribution in [0.1, 0.15) is 23.6 Å². The van der Waals surface area contributed by atoms with Crippen molar-refractivity contribution >= 4 is 33.4 Å². The van der Waals surface area contributed by atoms with Crippen LogP contribution in [0.3, 0.4) is 0 Å². The highest BCUT2D eigenvalue weighted by atomic mass is 16.5. The highest BCUT2D eigenvalue weighted by Crippen LogP contribution is 2.40. The number of pyridine rings is 1. The van der Waals surface area contributed by atoms with E-state index in [0.717, 1.165) is 44.5 Å². The van der Waals surface area contributed by atoms with E-state index in [4.69, 9.17) is 9.72 Å². The number of methoxy groups -OCH3 is 1. The summed E-state index contributed by atoms with van der Waals surface area (Å²) in [6.07, 6.45) is 2.14. The average molecular weight is 344 g/mol. The highest BCUT2D eigenvalue weighted by molar-refractivity contribution is 6.00. The van der Waals surface area contributed by atoms with Crippen LogP contribution in [0.4, 0.5) is 5.69 Å². The quantitative estimate of drug-likeness (QED) is 0.582. The molecule has 4 aromatic rings. The molecule has 26 heavy (non-hydrogen) atoms. The molecule has 6 nitrogen and oxygen atoms in total. The Balaban J connectivity index is 1.75. The number of carbonyl (C=O) groups excluding carboxylic acids is 1. The number of para-hydroxylation sites is 1. The largest absolute Gasteiger partial charge is 0.494 e. The van der Waals surface area contributed by atoms with E-state index in [0.29, 0.717) is 6.42 Å². The Morgan fingerprint density at radius 1 is 1.12 bits per heavy atom. The minimum absolute atomic E-state index is 0.0108. The van der Waals surface area contributed by atoms with Gasteiger partial charge >= 0.3 is 0 Å². The topological polar surface area (TPSA) is 79.9 Å². The Kier molecular flexibility index (Phi) is 3.18. The van der Waals surface area contributed by atoms with Gasteiger partial charge in [-0.05, 0) is 24.3 Å². The summed E-state index contributed by atoms with van der Waals surface area (Å²) in [5.41, 5.74) is 4.43. The number of nitrogens with one attached hydrogen (secondary N) is 2. The smallest absolute Gasteiger partial charge is 0.225 e. The monoisotopic (exact) mass is 344 g/mol. The summed E-state index contributed by atoms with van der Waals surface area (Å²) in [4.78, 5) is 17.1. The number of ether oxygens (including phenoxy) is 1. The number of amides is 1. The van der Waals surface area contributed by atoms with Crippen LogP contribution in [0.2, 0.25) is 0 Å². The van der Waals surface area contributed by atoms with Crippen molar-refractivity contribution in [1.82, 2.24) is 15.2 Å². The first-order valence-corrected chi connectivity index (χ1v) is 8.44. The van der Waals surface area contributed by atoms with Crippen molar-refractivity contribution in [3.05, 3.63) is 59.9 Å². The van der Waals surface area contributed by atoms with E-state index in [1.807, 2.05) is 42.5 Å². The van der Waals surface area contributed by atoms with Crippen molar-refractivity contribution in [1.29, 1.82) is 0 Å². The zero-order chi connectivity index (χ0) is 17.7. The third-order valence-corrected chi connectivity index (χ3v) is 4.95. The van der Waals surface area contributed by atoms with Crippen LogP contribution in [0.15, 0.2) is 48.7 Å². The zero-order valence-corrected chi connectivity index (χ0v) is 14.1. The van der Waals surface area contributed by atoms with Crippen molar-refractivity contribution in [3.8, 4) is 5.75 Å². The number of rotatable bonds is 2. The molecule has 2 N–H and O–H groups in total. The van der Waals surface area contributed by atoms with Crippen LogP contribution in [-0.4, -0.2) is 28.2 Å². The maximum absolute atomic E-state index is 12.3. The Morgan fingerprint density at radius 3 is 2.88 bits per heavy atom. The van der Waals surface area contributed by atoms with Gasteiger partial charge in [0.15, 0.2) is 0 Å². The van der Waals surface area contributed by atoms with Crippen LogP contribution in [0.5, 0.6) is 5.75 Å². The lowest BCUT2D eigenvalue weighted by Gasteiger charge is -2.26. The number of hydrogen-bond acceptors (Lipinski definition) is 4. The van der Waals surface area contributed by atoms with Gasteiger partial charge in [0.2, 0.25) is 5.91 Å². The zero-order valence-electron chi connectivity index (χ0n) is 14.1. The fourth-order valence-electron chi connectivity index (χ4n) is 3.74. The fraction of sp³-hybridized carbons (Fsp3) is 0.150. The van der Waals surface area contributed by atoms with E-state index in [2.05, 4.69) is 15.5 Å². The van der Waals surface area contributed by atoms with Gasteiger partial charge in [-0.3, -0.25) is 9.89 Å². The molecule has 0 radical (unpaired) electrons. The summed E-state index contributed by atoms with van der Waals surface area (Å²) in [6.45, 7) is 0. The molecule has 128 valence electrons. The highest BCUT2D eigenvalue weighted by Gasteiger charge is 2.30. The third kappa shape index (κ3) is 2.15. The van der Waals surface area contributed by atoms with E-state index in [1.54, 1.807) is 13.3 Å². The second kappa shape index (κ2) is 5.56. The van der Waals surface area contributed by atoms with E-state index < -0.39 is 0 Å². The minimum atomic E-state index is -0.141. The van der Waals surface area contributed by atoms with Gasteiger partial charge in [-0.1, -0.05) is 18.2 Å². The van der Waals surface area contributed by atoms with Crippen LogP contribution in [0.25, 0.3) is 21.8 Å². The van der Waals surface area contributed by atoms with Crippen molar-refractivity contribution in [2.24, 2.45) is 0 Å². The second-order valence-electron chi connectivity index (χ2n) is 6.43. The lowest BCUT2D eigenvalue weighted by Crippen LogP contribution is -2.24. The molecule has 0 bridgehead atoms. The first-order chi connectivity index (χ1) is 12.7. The summed E-state index contributed by atoms with van der Waals surface area (Å²) < 4.78 is 5.46. The number of nitrogens with zero attached hydrogens (tertiary/aromatic N) is 2. The number of hydrogen-bond donors (Lipinski definition) is 2. The molecular formula is C20H16N4O2. The molecule has 0 fully saturated rings. The number of aromatic nitrogens is 3. The normalized spacial score (nSPS) is 16.5. The molecule has 1 amide bonds. The van der Waals surface area contributed by atoms with Gasteiger partial charge in [0.1, 0.15) is 11.3 Å². The summed E-state index contributed by atoms with van der Waals surface area (Å²) in [5, 5.41) is 12.2. The van der Waals surface area contributed by atoms with Gasteiger partial charge in [0, 0.05) is 40.1 Å². The van der Waals surface area contributed by atoms with E-state index in [-0.39, 0.29) is 11.8 Å². The molecule has 1 aliphatic rings. The number of benzene rings is 2. The average Bonchev–Trinajstić information content (AvgIpc) is 3.15. The summed E-state index contributed by atoms with van der Waals surface area (Å²) in [5.74, 6) is 0.574. The van der Waals surface area contributed by atoms with Crippen LogP contribution in [-0.2, 0) is 4.79 Å². The Bertz CT molecular complexity index is 1170. The number of carbonyl (C=O) groups is 1. The number of aromatic amines is 1. The molecule has 0 spiro atoms. The standard InChI is InChI=1S/C20H16N4O2/c1-26-16-4-2-3-11-5-7-14(23-19(11)16)13-9-17(25)22-15-8-6-12-10-21-24-20(12)18(13)15/h2-8,10,13H,9H2,1H3,(H,21,24)(H,22,25). The predicted octanol–water partition coefficient (Wildman–Crippen LogP) is 3.59. The van der Waals surface area contributed by atoms with Crippen molar-refractivity contribution in [2.45, 2.75) is 12.3 Å². The molecule has 0 saturated heterocycles. The molecule has 0 aliphatic carbocycles. The summed E-state index contributed by atoms with van der Waals surface area (Å²) >= 11 is 0. The maximum atomic E-state index is 12.3. The molecular weight excluding hydrogens is 328 g/mol. The minimum Gasteiger partial charge on any atom is -0.494 e. The number of fused-ring (bicyclic) bond motifs is 4. The van der Waals surface area contributed by atoms with Gasteiger partial charge in [-0.25, -0.2) is 4.98 Å². The van der Waals surface area contributed by atoms with Crippen LogP contribution in [0, 0.1) is 0 Å². The molecule has 3 heterocycles. The molecule has 1 aliphatic heterocycles. The lowest BCUT2D eigenvalue weighted by molar-refractivity contribution is -0.116. The molecule has 0 saturated carbocycles. The van der Waals surface area contributed by atoms with Gasteiger partial charge in [-0.2, -0.15) is 5.10 Å². The molecule has 6 heteroatoms. The van der Waals surface area contributed by atoms with Crippen LogP contribution < -0.4 is 10.1 Å². The van der Waals surface area contributed by atoms with Crippen molar-refractivity contribution in [3.63, 3.8) is 0 Å². The fourth-order valence-corrected chi connectivity index (χ4v) is 3.74. The SMILES string of the molecule is COc1cccc2ccc(C3CC(=O)Nc4ccc5cn[nH]c5c43)nc12. The first kappa shape index (κ1) is 14.9. The van der Waals surface area contributed by atoms with Crippen molar-refractivity contribution in [2.75, 3.05) is 12.4 Å². The maximum Gasteiger partial charge on any atom is 0.225 e. The van der Waals surface area contributed by atoms with Gasteiger partial charge in [0.25, 0.3) is 0 Å². The Morgan fingerprint density at radius 2 is 2.00 bits per heavy atom. The molecule has 1 unspecified atom stereocenters. The van der Waals surface area contributed by atoms with Gasteiger partial charge < -0.3 is 10.1 Å². The van der Waals surface area contributed by atoms with E-state index in [1.165, 1.54) is 0 Å². The predicted molar refractivity (Wildman–Crippen MR) is 99.5 cm³/mol. The second-order valence-corrected chi connectivity index (χ2v) is 6.43. The summed E-state index contributed by atoms with van der Waals surface area (Å²) in [6, 6.07) is 13.7. The number of H-pyrrole nitrogens is 1. The van der Waals surface area contributed by atoms with Crippen molar-refractivity contribution < 1.29 is 9.53 Å².